The number of hydrogen-bond acceptors (Lipinski definition) is 5. The number of nitrogens with zero attached hydrogens (tertiary/aromatic N) is 3. The SMILES string of the molecule is CCOc1ccccc1C(=O)NCc1nnn2c1CNC(=O)C2. The van der Waals surface area contributed by atoms with Crippen molar-refractivity contribution < 1.29 is 14.3 Å². The van der Waals surface area contributed by atoms with E-state index >= 15 is 0 Å². The molecule has 8 heteroatoms. The Kier molecular flexibility index (Phi) is 4.22. The van der Waals surface area contributed by atoms with Gasteiger partial charge in [-0.2, -0.15) is 0 Å². The number of carbonyl (C=O) groups is 2. The lowest BCUT2D eigenvalue weighted by atomic mass is 10.2. The van der Waals surface area contributed by atoms with E-state index in [-0.39, 0.29) is 24.9 Å². The molecule has 120 valence electrons. The van der Waals surface area contributed by atoms with E-state index in [1.807, 2.05) is 13.0 Å². The smallest absolute Gasteiger partial charge is 0.255 e. The van der Waals surface area contributed by atoms with E-state index < -0.39 is 0 Å². The van der Waals surface area contributed by atoms with E-state index in [1.165, 1.54) is 0 Å². The quantitative estimate of drug-likeness (QED) is 0.823. The Hall–Kier alpha value is -2.90. The zero-order valence-corrected chi connectivity index (χ0v) is 12.7. The average molecular weight is 315 g/mol. The van der Waals surface area contributed by atoms with E-state index in [9.17, 15) is 9.59 Å². The van der Waals surface area contributed by atoms with E-state index in [1.54, 1.807) is 22.9 Å². The highest BCUT2D eigenvalue weighted by molar-refractivity contribution is 5.96. The third kappa shape index (κ3) is 3.15. The number of rotatable bonds is 5. The molecule has 23 heavy (non-hydrogen) atoms. The molecule has 2 aromatic rings. The van der Waals surface area contributed by atoms with Crippen LogP contribution in [-0.4, -0.2) is 33.4 Å². The van der Waals surface area contributed by atoms with Gasteiger partial charge in [0.2, 0.25) is 5.91 Å². The molecular formula is C15H17N5O3. The highest BCUT2D eigenvalue weighted by Gasteiger charge is 2.21. The maximum atomic E-state index is 12.3. The van der Waals surface area contributed by atoms with Crippen LogP contribution in [0.5, 0.6) is 5.75 Å². The summed E-state index contributed by atoms with van der Waals surface area (Å²) in [5, 5.41) is 13.5. The van der Waals surface area contributed by atoms with Gasteiger partial charge in [0.1, 0.15) is 18.0 Å². The van der Waals surface area contributed by atoms with Gasteiger partial charge in [-0.15, -0.1) is 5.10 Å². The molecule has 3 rings (SSSR count). The first-order valence-corrected chi connectivity index (χ1v) is 7.37. The largest absolute Gasteiger partial charge is 0.493 e. The van der Waals surface area contributed by atoms with Gasteiger partial charge in [0.15, 0.2) is 0 Å². The molecule has 0 atom stereocenters. The molecule has 8 nitrogen and oxygen atoms in total. The fraction of sp³-hybridized carbons (Fsp3) is 0.333. The molecule has 2 N–H and O–H groups in total. The van der Waals surface area contributed by atoms with E-state index in [0.717, 1.165) is 5.69 Å². The van der Waals surface area contributed by atoms with Crippen LogP contribution in [-0.2, 0) is 24.4 Å². The molecular weight excluding hydrogens is 298 g/mol. The summed E-state index contributed by atoms with van der Waals surface area (Å²) < 4.78 is 7.01. The Morgan fingerprint density at radius 1 is 1.43 bits per heavy atom. The highest BCUT2D eigenvalue weighted by atomic mass is 16.5. The number of para-hydroxylation sites is 1. The van der Waals surface area contributed by atoms with Gasteiger partial charge < -0.3 is 15.4 Å². The summed E-state index contributed by atoms with van der Waals surface area (Å²) in [5.41, 5.74) is 1.93. The third-order valence-corrected chi connectivity index (χ3v) is 3.51. The second-order valence-electron chi connectivity index (χ2n) is 5.03. The zero-order valence-electron chi connectivity index (χ0n) is 12.7. The van der Waals surface area contributed by atoms with Crippen LogP contribution in [0.4, 0.5) is 0 Å². The predicted octanol–water partition coefficient (Wildman–Crippen LogP) is 0.237. The van der Waals surface area contributed by atoms with Crippen molar-refractivity contribution in [1.29, 1.82) is 0 Å². The van der Waals surface area contributed by atoms with Crippen molar-refractivity contribution >= 4 is 11.8 Å². The maximum absolute atomic E-state index is 12.3. The van der Waals surface area contributed by atoms with Crippen LogP contribution in [0.2, 0.25) is 0 Å². The Balaban J connectivity index is 1.69. The van der Waals surface area contributed by atoms with E-state index in [2.05, 4.69) is 20.9 Å². The lowest BCUT2D eigenvalue weighted by Crippen LogP contribution is -2.35. The van der Waals surface area contributed by atoms with Crippen molar-refractivity contribution in [1.82, 2.24) is 25.6 Å². The number of nitrogens with one attached hydrogen (secondary N) is 2. The molecule has 1 aliphatic heterocycles. The molecule has 0 radical (unpaired) electrons. The summed E-state index contributed by atoms with van der Waals surface area (Å²) in [6.45, 7) is 3.12. The van der Waals surface area contributed by atoms with Gasteiger partial charge in [-0.3, -0.25) is 9.59 Å². The monoisotopic (exact) mass is 315 g/mol. The van der Waals surface area contributed by atoms with Crippen LogP contribution in [0.3, 0.4) is 0 Å². The first-order valence-electron chi connectivity index (χ1n) is 7.37. The summed E-state index contributed by atoms with van der Waals surface area (Å²) >= 11 is 0. The van der Waals surface area contributed by atoms with Crippen molar-refractivity contribution in [2.75, 3.05) is 6.61 Å². The van der Waals surface area contributed by atoms with Gasteiger partial charge in [-0.1, -0.05) is 17.3 Å². The Morgan fingerprint density at radius 3 is 3.09 bits per heavy atom. The van der Waals surface area contributed by atoms with Crippen molar-refractivity contribution in [2.24, 2.45) is 0 Å². The van der Waals surface area contributed by atoms with Crippen molar-refractivity contribution in [3.05, 3.63) is 41.2 Å². The molecule has 2 heterocycles. The van der Waals surface area contributed by atoms with Gasteiger partial charge in [0, 0.05) is 0 Å². The van der Waals surface area contributed by atoms with Gasteiger partial charge in [-0.25, -0.2) is 4.68 Å². The van der Waals surface area contributed by atoms with Crippen LogP contribution in [0, 0.1) is 0 Å². The Bertz CT molecular complexity index is 740. The van der Waals surface area contributed by atoms with E-state index in [0.29, 0.717) is 30.2 Å². The second kappa shape index (κ2) is 6.47. The van der Waals surface area contributed by atoms with Crippen LogP contribution in [0.15, 0.2) is 24.3 Å². The fourth-order valence-electron chi connectivity index (χ4n) is 2.40. The molecule has 0 fully saturated rings. The summed E-state index contributed by atoms with van der Waals surface area (Å²) in [6, 6.07) is 7.07. The molecule has 0 aliphatic carbocycles. The first-order chi connectivity index (χ1) is 11.2. The first kappa shape index (κ1) is 15.0. The number of aromatic nitrogens is 3. The molecule has 0 bridgehead atoms. The van der Waals surface area contributed by atoms with Crippen LogP contribution in [0.25, 0.3) is 0 Å². The predicted molar refractivity (Wildman–Crippen MR) is 80.6 cm³/mol. The van der Waals surface area contributed by atoms with E-state index in [4.69, 9.17) is 4.74 Å². The van der Waals surface area contributed by atoms with Gasteiger partial charge in [-0.05, 0) is 19.1 Å². The minimum Gasteiger partial charge on any atom is -0.493 e. The highest BCUT2D eigenvalue weighted by Crippen LogP contribution is 2.18. The van der Waals surface area contributed by atoms with Crippen LogP contribution in [0.1, 0.15) is 28.7 Å². The Morgan fingerprint density at radius 2 is 2.26 bits per heavy atom. The minimum atomic E-state index is -0.240. The van der Waals surface area contributed by atoms with Crippen LogP contribution >= 0.6 is 0 Å². The average Bonchev–Trinajstić information content (AvgIpc) is 2.95. The fourth-order valence-corrected chi connectivity index (χ4v) is 2.40. The lowest BCUT2D eigenvalue weighted by Gasteiger charge is -2.14. The van der Waals surface area contributed by atoms with Crippen molar-refractivity contribution in [2.45, 2.75) is 26.6 Å². The summed E-state index contributed by atoms with van der Waals surface area (Å²) in [4.78, 5) is 23.6. The van der Waals surface area contributed by atoms with Gasteiger partial charge >= 0.3 is 0 Å². The molecule has 1 aromatic carbocycles. The molecule has 1 aliphatic rings. The normalized spacial score (nSPS) is 13.2. The maximum Gasteiger partial charge on any atom is 0.255 e. The van der Waals surface area contributed by atoms with Gasteiger partial charge in [0.05, 0.1) is 31.0 Å². The Labute approximate surface area is 132 Å². The van der Waals surface area contributed by atoms with Crippen LogP contribution < -0.4 is 15.4 Å². The number of benzene rings is 1. The lowest BCUT2D eigenvalue weighted by molar-refractivity contribution is -0.122. The molecule has 1 aromatic heterocycles. The van der Waals surface area contributed by atoms with Crippen molar-refractivity contribution in [3.8, 4) is 5.75 Å². The number of amides is 2. The number of hydrogen-bond donors (Lipinski definition) is 2. The second-order valence-corrected chi connectivity index (χ2v) is 5.03. The third-order valence-electron chi connectivity index (χ3n) is 3.51. The summed E-state index contributed by atoms with van der Waals surface area (Å²) in [5.74, 6) is 0.212. The summed E-state index contributed by atoms with van der Waals surface area (Å²) in [6.07, 6.45) is 0. The molecule has 2 amide bonds. The molecule has 0 spiro atoms. The van der Waals surface area contributed by atoms with Crippen molar-refractivity contribution in [3.63, 3.8) is 0 Å². The molecule has 0 saturated carbocycles. The topological polar surface area (TPSA) is 98.1 Å². The number of fused-ring (bicyclic) bond motifs is 1. The van der Waals surface area contributed by atoms with Gasteiger partial charge in [0.25, 0.3) is 5.91 Å². The number of carbonyl (C=O) groups excluding carboxylic acids is 2. The zero-order chi connectivity index (χ0) is 16.2. The standard InChI is InChI=1S/C15H17N5O3/c1-2-23-13-6-4-3-5-10(13)15(22)17-7-11-12-8-16-14(21)9-20(12)19-18-11/h3-6H,2,7-9H2,1H3,(H,16,21)(H,17,22). The minimum absolute atomic E-state index is 0.0939. The molecule has 0 saturated heterocycles. The summed E-state index contributed by atoms with van der Waals surface area (Å²) in [7, 11) is 0. The molecule has 0 unspecified atom stereocenters. The number of ether oxygens (including phenoxy) is 1.